The zero-order valence-corrected chi connectivity index (χ0v) is 11.4. The predicted molar refractivity (Wildman–Crippen MR) is 77.6 cm³/mol. The summed E-state index contributed by atoms with van der Waals surface area (Å²) in [6, 6.07) is 15.1. The van der Waals surface area contributed by atoms with E-state index in [0.29, 0.717) is 0 Å². The number of benzene rings is 1. The fraction of sp³-hybridized carbons (Fsp3) is 0.0667. The first kappa shape index (κ1) is 13.8. The average Bonchev–Trinajstić information content (AvgIpc) is 3.01. The zero-order chi connectivity index (χ0) is 14.2. The number of nitrogens with zero attached hydrogens (tertiary/aromatic N) is 2. The second kappa shape index (κ2) is 7.08. The molecule has 4 nitrogen and oxygen atoms in total. The van der Waals surface area contributed by atoms with Crippen molar-refractivity contribution in [3.8, 4) is 12.1 Å². The first-order chi connectivity index (χ1) is 9.81. The number of anilines is 1. The first-order valence-corrected chi connectivity index (χ1v) is 6.82. The molecule has 1 heterocycles. The summed E-state index contributed by atoms with van der Waals surface area (Å²) in [6.07, 6.45) is 3.06. The quantitative estimate of drug-likeness (QED) is 0.664. The molecule has 0 unspecified atom stereocenters. The zero-order valence-electron chi connectivity index (χ0n) is 10.5. The van der Waals surface area contributed by atoms with Crippen molar-refractivity contribution in [1.82, 2.24) is 0 Å². The van der Waals surface area contributed by atoms with E-state index in [2.05, 4.69) is 5.32 Å². The van der Waals surface area contributed by atoms with Crippen LogP contribution in [0.4, 0.5) is 5.69 Å². The minimum Gasteiger partial charge on any atom is -0.468 e. The minimum atomic E-state index is 0.0428. The average molecular weight is 281 g/mol. The standard InChI is InChI=1S/C15H11N3OS/c16-8-12(9-17)10-18-13-3-5-15(6-4-13)20-11-14-2-1-7-19-14/h1-7,10,18H,11H2. The van der Waals surface area contributed by atoms with Crippen LogP contribution in [0, 0.1) is 22.7 Å². The molecule has 2 rings (SSSR count). The Balaban J connectivity index is 1.92. The Morgan fingerprint density at radius 2 is 1.95 bits per heavy atom. The highest BCUT2D eigenvalue weighted by atomic mass is 32.2. The molecule has 0 aliphatic rings. The molecule has 1 N–H and O–H groups in total. The van der Waals surface area contributed by atoms with E-state index in [1.165, 1.54) is 6.20 Å². The van der Waals surface area contributed by atoms with Crippen LogP contribution in [-0.2, 0) is 5.75 Å². The van der Waals surface area contributed by atoms with Crippen molar-refractivity contribution >= 4 is 17.4 Å². The minimum absolute atomic E-state index is 0.0428. The van der Waals surface area contributed by atoms with Gasteiger partial charge < -0.3 is 9.73 Å². The second-order valence-corrected chi connectivity index (χ2v) is 4.87. The van der Waals surface area contributed by atoms with Gasteiger partial charge in [0, 0.05) is 16.8 Å². The number of furan rings is 1. The van der Waals surface area contributed by atoms with Gasteiger partial charge in [0.15, 0.2) is 0 Å². The molecule has 0 bridgehead atoms. The Morgan fingerprint density at radius 1 is 1.20 bits per heavy atom. The Bertz CT molecular complexity index is 645. The van der Waals surface area contributed by atoms with Gasteiger partial charge in [0.05, 0.1) is 12.0 Å². The first-order valence-electron chi connectivity index (χ1n) is 5.84. The van der Waals surface area contributed by atoms with E-state index in [1.54, 1.807) is 30.2 Å². The van der Waals surface area contributed by atoms with Crippen molar-refractivity contribution in [3.05, 3.63) is 60.2 Å². The van der Waals surface area contributed by atoms with Gasteiger partial charge in [0.2, 0.25) is 0 Å². The van der Waals surface area contributed by atoms with Crippen LogP contribution in [0.1, 0.15) is 5.76 Å². The van der Waals surface area contributed by atoms with E-state index in [9.17, 15) is 0 Å². The van der Waals surface area contributed by atoms with Gasteiger partial charge in [-0.1, -0.05) is 0 Å². The number of hydrogen-bond acceptors (Lipinski definition) is 5. The molecule has 0 aliphatic heterocycles. The van der Waals surface area contributed by atoms with Gasteiger partial charge in [0.1, 0.15) is 23.5 Å². The van der Waals surface area contributed by atoms with E-state index in [0.717, 1.165) is 22.1 Å². The third-order valence-electron chi connectivity index (χ3n) is 2.44. The van der Waals surface area contributed by atoms with Gasteiger partial charge in [-0.15, -0.1) is 11.8 Å². The van der Waals surface area contributed by atoms with Crippen LogP contribution >= 0.6 is 11.8 Å². The number of nitriles is 2. The molecule has 0 fully saturated rings. The Kier molecular flexibility index (Phi) is 4.88. The highest BCUT2D eigenvalue weighted by Crippen LogP contribution is 2.24. The summed E-state index contributed by atoms with van der Waals surface area (Å²) < 4.78 is 5.27. The normalized spacial score (nSPS) is 9.30. The highest BCUT2D eigenvalue weighted by molar-refractivity contribution is 7.98. The molecule has 98 valence electrons. The maximum atomic E-state index is 8.62. The maximum absolute atomic E-state index is 8.62. The van der Waals surface area contributed by atoms with Gasteiger partial charge >= 0.3 is 0 Å². The van der Waals surface area contributed by atoms with Gasteiger partial charge in [-0.25, -0.2) is 0 Å². The van der Waals surface area contributed by atoms with Crippen molar-refractivity contribution in [2.45, 2.75) is 10.6 Å². The van der Waals surface area contributed by atoms with E-state index < -0.39 is 0 Å². The number of allylic oxidation sites excluding steroid dienone is 1. The van der Waals surface area contributed by atoms with E-state index in [4.69, 9.17) is 14.9 Å². The Hall–Kier alpha value is -2.63. The van der Waals surface area contributed by atoms with Crippen LogP contribution in [0.3, 0.4) is 0 Å². The number of hydrogen-bond donors (Lipinski definition) is 1. The molecule has 1 aromatic heterocycles. The number of rotatable bonds is 5. The monoisotopic (exact) mass is 281 g/mol. The van der Waals surface area contributed by atoms with Crippen LogP contribution in [0.2, 0.25) is 0 Å². The van der Waals surface area contributed by atoms with Crippen LogP contribution < -0.4 is 5.32 Å². The smallest absolute Gasteiger partial charge is 0.145 e. The molecule has 1 aromatic carbocycles. The molecule has 5 heteroatoms. The molecule has 2 aromatic rings. The molecule has 20 heavy (non-hydrogen) atoms. The molecule has 0 amide bonds. The topological polar surface area (TPSA) is 72.8 Å². The molecular formula is C15H11N3OS. The summed E-state index contributed by atoms with van der Waals surface area (Å²) >= 11 is 1.68. The molecular weight excluding hydrogens is 270 g/mol. The van der Waals surface area contributed by atoms with Crippen molar-refractivity contribution in [2.24, 2.45) is 0 Å². The maximum Gasteiger partial charge on any atom is 0.145 e. The highest BCUT2D eigenvalue weighted by Gasteiger charge is 1.99. The number of nitrogens with one attached hydrogen (secondary N) is 1. The summed E-state index contributed by atoms with van der Waals surface area (Å²) in [5.41, 5.74) is 0.872. The lowest BCUT2D eigenvalue weighted by Gasteiger charge is -2.03. The molecule has 0 saturated carbocycles. The summed E-state index contributed by atoms with van der Waals surface area (Å²) in [5, 5.41) is 20.1. The van der Waals surface area contributed by atoms with Crippen molar-refractivity contribution in [1.29, 1.82) is 10.5 Å². The fourth-order valence-corrected chi connectivity index (χ4v) is 2.24. The molecule has 0 saturated heterocycles. The van der Waals surface area contributed by atoms with E-state index in [1.807, 2.05) is 36.4 Å². The fourth-order valence-electron chi connectivity index (χ4n) is 1.44. The third kappa shape index (κ3) is 3.94. The van der Waals surface area contributed by atoms with Gasteiger partial charge in [-0.2, -0.15) is 10.5 Å². The van der Waals surface area contributed by atoms with Crippen LogP contribution in [0.5, 0.6) is 0 Å². The van der Waals surface area contributed by atoms with Crippen LogP contribution in [0.25, 0.3) is 0 Å². The lowest BCUT2D eigenvalue weighted by molar-refractivity contribution is 0.530. The van der Waals surface area contributed by atoms with Crippen LogP contribution in [0.15, 0.2) is 63.7 Å². The van der Waals surface area contributed by atoms with Gasteiger partial charge in [-0.3, -0.25) is 0 Å². The predicted octanol–water partition coefficient (Wildman–Crippen LogP) is 3.91. The molecule has 0 spiro atoms. The molecule has 0 atom stereocenters. The van der Waals surface area contributed by atoms with Crippen LogP contribution in [-0.4, -0.2) is 0 Å². The lowest BCUT2D eigenvalue weighted by Crippen LogP contribution is -1.89. The third-order valence-corrected chi connectivity index (χ3v) is 3.47. The van der Waals surface area contributed by atoms with Gasteiger partial charge in [-0.05, 0) is 36.4 Å². The summed E-state index contributed by atoms with van der Waals surface area (Å²) in [7, 11) is 0. The number of thioether (sulfide) groups is 1. The largest absolute Gasteiger partial charge is 0.468 e. The SMILES string of the molecule is N#CC(C#N)=CNc1ccc(SCc2ccco2)cc1. The van der Waals surface area contributed by atoms with Crippen molar-refractivity contribution < 1.29 is 4.42 Å². The summed E-state index contributed by atoms with van der Waals surface area (Å²) in [5.74, 6) is 1.72. The van der Waals surface area contributed by atoms with Crippen molar-refractivity contribution in [3.63, 3.8) is 0 Å². The summed E-state index contributed by atoms with van der Waals surface area (Å²) in [6.45, 7) is 0. The van der Waals surface area contributed by atoms with Crippen molar-refractivity contribution in [2.75, 3.05) is 5.32 Å². The Labute approximate surface area is 121 Å². The van der Waals surface area contributed by atoms with E-state index in [-0.39, 0.29) is 5.57 Å². The van der Waals surface area contributed by atoms with E-state index >= 15 is 0 Å². The second-order valence-electron chi connectivity index (χ2n) is 3.82. The molecule has 0 radical (unpaired) electrons. The Morgan fingerprint density at radius 3 is 2.55 bits per heavy atom. The summed E-state index contributed by atoms with van der Waals surface area (Å²) in [4.78, 5) is 1.12. The van der Waals surface area contributed by atoms with Gasteiger partial charge in [0.25, 0.3) is 0 Å². The lowest BCUT2D eigenvalue weighted by atomic mass is 10.3. The molecule has 0 aliphatic carbocycles.